The summed E-state index contributed by atoms with van der Waals surface area (Å²) in [5, 5.41) is 7.22. The number of aromatic nitrogens is 4. The highest BCUT2D eigenvalue weighted by Crippen LogP contribution is 1.99. The molecule has 0 aromatic carbocycles. The van der Waals surface area contributed by atoms with Crippen LogP contribution in [0.1, 0.15) is 0 Å². The molecule has 0 aliphatic carbocycles. The first-order valence-electron chi connectivity index (χ1n) is 2.50. The molecule has 0 saturated carbocycles. The predicted octanol–water partition coefficient (Wildman–Crippen LogP) is 0.153. The number of fused-ring (bicyclic) bond motifs is 1. The lowest BCUT2D eigenvalue weighted by Gasteiger charge is -1.78. The highest BCUT2D eigenvalue weighted by molar-refractivity contribution is 5.67. The van der Waals surface area contributed by atoms with Gasteiger partial charge in [0.1, 0.15) is 6.20 Å². The Morgan fingerprint density at radius 2 is 2.56 bits per heavy atom. The van der Waals surface area contributed by atoms with Gasteiger partial charge in [0.2, 0.25) is 0 Å². The molecule has 0 amide bonds. The van der Waals surface area contributed by atoms with Crippen molar-refractivity contribution >= 4 is 11.2 Å². The molecule has 2 heterocycles. The van der Waals surface area contributed by atoms with Crippen LogP contribution in [0.5, 0.6) is 0 Å². The van der Waals surface area contributed by atoms with E-state index in [2.05, 4.69) is 26.4 Å². The first kappa shape index (κ1) is 4.43. The predicted molar refractivity (Wildman–Crippen MR) is 30.5 cm³/mol. The van der Waals surface area contributed by atoms with Crippen LogP contribution in [0, 0.1) is 6.20 Å². The van der Waals surface area contributed by atoms with Gasteiger partial charge in [0.25, 0.3) is 0 Å². The molecule has 0 unspecified atom stereocenters. The van der Waals surface area contributed by atoms with Crippen LogP contribution in [0.15, 0.2) is 12.4 Å². The quantitative estimate of drug-likeness (QED) is 0.537. The Hall–Kier alpha value is -1.45. The average Bonchev–Trinajstić information content (AvgIpc) is 2.33. The molecule has 0 bridgehead atoms. The van der Waals surface area contributed by atoms with E-state index in [9.17, 15) is 0 Å². The topological polar surface area (TPSA) is 54.5 Å². The van der Waals surface area contributed by atoms with E-state index in [0.717, 1.165) is 5.52 Å². The highest BCUT2D eigenvalue weighted by atomic mass is 15.1. The lowest BCUT2D eigenvalue weighted by Crippen LogP contribution is -1.79. The molecule has 9 heavy (non-hydrogen) atoms. The third-order valence-electron chi connectivity index (χ3n) is 1.06. The van der Waals surface area contributed by atoms with E-state index in [0.29, 0.717) is 5.65 Å². The second-order valence-electron chi connectivity index (χ2n) is 1.61. The standard InChI is InChI=1S/C5H3N4/c1-2-8-9-5-4(1)6-3-7-5/h1,3H,(H,6,7,9). The third-order valence-corrected chi connectivity index (χ3v) is 1.06. The summed E-state index contributed by atoms with van der Waals surface area (Å²) in [6.07, 6.45) is 4.17. The van der Waals surface area contributed by atoms with Gasteiger partial charge in [-0.05, 0) is 6.07 Å². The number of nitrogens with one attached hydrogen (secondary N) is 1. The number of imidazole rings is 1. The molecule has 43 valence electrons. The van der Waals surface area contributed by atoms with E-state index >= 15 is 0 Å². The lowest BCUT2D eigenvalue weighted by molar-refractivity contribution is 1.05. The van der Waals surface area contributed by atoms with Gasteiger partial charge in [-0.15, -0.1) is 10.2 Å². The molecule has 2 aromatic rings. The van der Waals surface area contributed by atoms with Gasteiger partial charge in [0.15, 0.2) is 5.65 Å². The first-order valence-corrected chi connectivity index (χ1v) is 2.50. The summed E-state index contributed by atoms with van der Waals surface area (Å²) in [7, 11) is 0. The molecular formula is C5H3N4. The Bertz CT molecular complexity index is 283. The maximum absolute atomic E-state index is 3.87. The molecule has 2 aromatic heterocycles. The van der Waals surface area contributed by atoms with Crippen LogP contribution < -0.4 is 0 Å². The van der Waals surface area contributed by atoms with Crippen molar-refractivity contribution < 1.29 is 0 Å². The summed E-state index contributed by atoms with van der Waals surface area (Å²) in [5.74, 6) is 0. The Morgan fingerprint density at radius 1 is 1.56 bits per heavy atom. The van der Waals surface area contributed by atoms with E-state index in [4.69, 9.17) is 0 Å². The summed E-state index contributed by atoms with van der Waals surface area (Å²) >= 11 is 0. The number of rotatable bonds is 0. The minimum atomic E-state index is 0.633. The average molecular weight is 119 g/mol. The zero-order valence-electron chi connectivity index (χ0n) is 4.50. The second-order valence-corrected chi connectivity index (χ2v) is 1.61. The molecule has 0 spiro atoms. The second kappa shape index (κ2) is 1.51. The van der Waals surface area contributed by atoms with Crippen molar-refractivity contribution in [2.75, 3.05) is 0 Å². The molecule has 1 radical (unpaired) electrons. The molecule has 4 heteroatoms. The summed E-state index contributed by atoms with van der Waals surface area (Å²) in [6, 6.07) is 1.70. The maximum Gasteiger partial charge on any atom is 0.199 e. The van der Waals surface area contributed by atoms with Crippen LogP contribution in [-0.2, 0) is 0 Å². The van der Waals surface area contributed by atoms with Crippen molar-refractivity contribution in [2.24, 2.45) is 0 Å². The number of H-pyrrole nitrogens is 1. The zero-order valence-corrected chi connectivity index (χ0v) is 4.50. The van der Waals surface area contributed by atoms with Crippen LogP contribution in [0.3, 0.4) is 0 Å². The van der Waals surface area contributed by atoms with E-state index in [1.807, 2.05) is 0 Å². The largest absolute Gasteiger partial charge is 0.343 e. The van der Waals surface area contributed by atoms with Crippen LogP contribution in [0.25, 0.3) is 11.2 Å². The molecule has 0 saturated heterocycles. The fraction of sp³-hybridized carbons (Fsp3) is 0. The Kier molecular flexibility index (Phi) is 0.745. The van der Waals surface area contributed by atoms with Gasteiger partial charge in [-0.2, -0.15) is 0 Å². The summed E-state index contributed by atoms with van der Waals surface area (Å²) in [5.41, 5.74) is 1.50. The molecule has 2 rings (SSSR count). The van der Waals surface area contributed by atoms with Crippen LogP contribution in [0.2, 0.25) is 0 Å². The van der Waals surface area contributed by atoms with Crippen molar-refractivity contribution in [1.82, 2.24) is 20.2 Å². The monoisotopic (exact) mass is 119 g/mol. The van der Waals surface area contributed by atoms with Crippen LogP contribution in [0.4, 0.5) is 0 Å². The Balaban J connectivity index is 2.95. The number of hydrogen-bond acceptors (Lipinski definition) is 3. The van der Waals surface area contributed by atoms with Crippen LogP contribution in [-0.4, -0.2) is 20.2 Å². The summed E-state index contributed by atoms with van der Waals surface area (Å²) in [6.45, 7) is 0. The third kappa shape index (κ3) is 0.561. The number of nitrogens with zero attached hydrogens (tertiary/aromatic N) is 3. The SMILES string of the molecule is [c]1cc2[nH]cnc2nn1. The molecule has 4 nitrogen and oxygen atoms in total. The minimum Gasteiger partial charge on any atom is -0.343 e. The van der Waals surface area contributed by atoms with Gasteiger partial charge in [0.05, 0.1) is 11.8 Å². The Labute approximate surface area is 50.9 Å². The van der Waals surface area contributed by atoms with E-state index in [-0.39, 0.29) is 0 Å². The van der Waals surface area contributed by atoms with Crippen molar-refractivity contribution in [1.29, 1.82) is 0 Å². The van der Waals surface area contributed by atoms with Gasteiger partial charge >= 0.3 is 0 Å². The van der Waals surface area contributed by atoms with Gasteiger partial charge in [-0.3, -0.25) is 0 Å². The van der Waals surface area contributed by atoms with Crippen molar-refractivity contribution in [3.05, 3.63) is 18.6 Å². The van der Waals surface area contributed by atoms with Gasteiger partial charge < -0.3 is 4.98 Å². The number of aromatic amines is 1. The van der Waals surface area contributed by atoms with Crippen molar-refractivity contribution in [3.63, 3.8) is 0 Å². The smallest absolute Gasteiger partial charge is 0.199 e. The molecule has 0 atom stereocenters. The van der Waals surface area contributed by atoms with Crippen LogP contribution >= 0.6 is 0 Å². The zero-order chi connectivity index (χ0) is 6.10. The van der Waals surface area contributed by atoms with E-state index in [1.165, 1.54) is 0 Å². The molecule has 1 N–H and O–H groups in total. The molecule has 0 fully saturated rings. The normalized spacial score (nSPS) is 10.2. The van der Waals surface area contributed by atoms with Gasteiger partial charge in [-0.25, -0.2) is 4.98 Å². The van der Waals surface area contributed by atoms with E-state index in [1.54, 1.807) is 12.4 Å². The number of hydrogen-bond donors (Lipinski definition) is 1. The first-order chi connectivity index (χ1) is 4.47. The fourth-order valence-corrected chi connectivity index (χ4v) is 0.653. The lowest BCUT2D eigenvalue weighted by atomic mass is 10.5. The van der Waals surface area contributed by atoms with Crippen molar-refractivity contribution in [3.8, 4) is 0 Å². The Morgan fingerprint density at radius 3 is 3.44 bits per heavy atom. The summed E-state index contributed by atoms with van der Waals surface area (Å²) < 4.78 is 0. The molecule has 0 aliphatic heterocycles. The van der Waals surface area contributed by atoms with E-state index < -0.39 is 0 Å². The fourth-order valence-electron chi connectivity index (χ4n) is 0.653. The van der Waals surface area contributed by atoms with Crippen molar-refractivity contribution in [2.45, 2.75) is 0 Å². The van der Waals surface area contributed by atoms with Gasteiger partial charge in [-0.1, -0.05) is 0 Å². The maximum atomic E-state index is 3.87. The highest BCUT2D eigenvalue weighted by Gasteiger charge is 1.91. The molecule has 0 aliphatic rings. The minimum absolute atomic E-state index is 0.633. The summed E-state index contributed by atoms with van der Waals surface area (Å²) in [4.78, 5) is 6.74. The molecular weight excluding hydrogens is 116 g/mol. The van der Waals surface area contributed by atoms with Gasteiger partial charge in [0, 0.05) is 0 Å².